The number of unbranched alkanes of at least 4 members (excludes halogenated alkanes) is 1. The second-order valence-electron chi connectivity index (χ2n) is 8.98. The molecule has 1 aromatic heterocycles. The molecule has 0 unspecified atom stereocenters. The van der Waals surface area contributed by atoms with E-state index in [4.69, 9.17) is 0 Å². The van der Waals surface area contributed by atoms with E-state index in [0.717, 1.165) is 24.7 Å². The number of nitrogens with zero attached hydrogens (tertiary/aromatic N) is 3. The summed E-state index contributed by atoms with van der Waals surface area (Å²) >= 11 is 1.22. The van der Waals surface area contributed by atoms with Gasteiger partial charge < -0.3 is 0 Å². The zero-order valence-corrected chi connectivity index (χ0v) is 23.8. The fourth-order valence-electron chi connectivity index (χ4n) is 3.84. The average Bonchev–Trinajstić information content (AvgIpc) is 3.33. The molecule has 0 saturated heterocycles. The van der Waals surface area contributed by atoms with Gasteiger partial charge in [0.25, 0.3) is 5.91 Å². The van der Waals surface area contributed by atoms with Crippen LogP contribution in [0.2, 0.25) is 0 Å². The molecule has 0 aliphatic heterocycles. The molecule has 0 fully saturated rings. The van der Waals surface area contributed by atoms with Crippen LogP contribution in [0.25, 0.3) is 10.2 Å². The van der Waals surface area contributed by atoms with E-state index in [0.29, 0.717) is 27.5 Å². The number of anilines is 1. The van der Waals surface area contributed by atoms with Crippen LogP contribution in [-0.2, 0) is 26.4 Å². The second kappa shape index (κ2) is 11.3. The number of aromatic nitrogens is 1. The van der Waals surface area contributed by atoms with Crippen molar-refractivity contribution in [2.24, 2.45) is 0 Å². The highest BCUT2D eigenvalue weighted by Gasteiger charge is 2.24. The standard InChI is InChI=1S/C27H29N3O5S3/c1-4-5-17-29(2)38(34,35)22-13-11-21(12-14-22)26(31)30(19-20-9-7-6-8-10-20)27-28-24-16-15-23(37(3,32)33)18-25(24)36-27/h6-16,18H,4-5,17,19H2,1-3H3. The van der Waals surface area contributed by atoms with Crippen LogP contribution in [-0.4, -0.2) is 51.9 Å². The number of sulfonamides is 1. The summed E-state index contributed by atoms with van der Waals surface area (Å²) in [6.45, 7) is 2.65. The second-order valence-corrected chi connectivity index (χ2v) is 14.0. The van der Waals surface area contributed by atoms with Crippen molar-refractivity contribution in [3.05, 3.63) is 83.9 Å². The number of fused-ring (bicyclic) bond motifs is 1. The minimum absolute atomic E-state index is 0.121. The fraction of sp³-hybridized carbons (Fsp3) is 0.259. The minimum Gasteiger partial charge on any atom is -0.279 e. The Morgan fingerprint density at radius 1 is 0.921 bits per heavy atom. The largest absolute Gasteiger partial charge is 0.279 e. The maximum Gasteiger partial charge on any atom is 0.260 e. The van der Waals surface area contributed by atoms with Gasteiger partial charge in [-0.15, -0.1) is 0 Å². The lowest BCUT2D eigenvalue weighted by molar-refractivity contribution is 0.0985. The topological polar surface area (TPSA) is 105 Å². The molecule has 0 bridgehead atoms. The molecule has 0 saturated carbocycles. The van der Waals surface area contributed by atoms with Crippen molar-refractivity contribution >= 4 is 52.5 Å². The van der Waals surface area contributed by atoms with Gasteiger partial charge in [-0.3, -0.25) is 9.69 Å². The Bertz CT molecular complexity index is 1650. The summed E-state index contributed by atoms with van der Waals surface area (Å²) in [4.78, 5) is 20.2. The first-order chi connectivity index (χ1) is 18.0. The van der Waals surface area contributed by atoms with Gasteiger partial charge in [0, 0.05) is 25.4 Å². The number of benzene rings is 3. The van der Waals surface area contributed by atoms with Gasteiger partial charge in [0.15, 0.2) is 15.0 Å². The molecule has 0 N–H and O–H groups in total. The van der Waals surface area contributed by atoms with Crippen molar-refractivity contribution < 1.29 is 21.6 Å². The van der Waals surface area contributed by atoms with Crippen LogP contribution in [0.15, 0.2) is 82.6 Å². The van der Waals surface area contributed by atoms with Crippen LogP contribution in [0.5, 0.6) is 0 Å². The van der Waals surface area contributed by atoms with E-state index >= 15 is 0 Å². The molecule has 0 spiro atoms. The maximum atomic E-state index is 13.7. The first-order valence-electron chi connectivity index (χ1n) is 12.0. The van der Waals surface area contributed by atoms with Gasteiger partial charge in [0.1, 0.15) is 0 Å². The monoisotopic (exact) mass is 571 g/mol. The van der Waals surface area contributed by atoms with E-state index in [1.54, 1.807) is 19.2 Å². The molecule has 4 rings (SSSR count). The highest BCUT2D eigenvalue weighted by atomic mass is 32.2. The number of hydrogen-bond donors (Lipinski definition) is 0. The number of rotatable bonds is 10. The van der Waals surface area contributed by atoms with Gasteiger partial charge in [0.2, 0.25) is 10.0 Å². The van der Waals surface area contributed by atoms with Crippen molar-refractivity contribution in [1.82, 2.24) is 9.29 Å². The molecule has 1 heterocycles. The number of carbonyl (C=O) groups excluding carboxylic acids is 1. The number of hydrogen-bond acceptors (Lipinski definition) is 7. The first-order valence-corrected chi connectivity index (χ1v) is 16.2. The number of carbonyl (C=O) groups is 1. The third-order valence-electron chi connectivity index (χ3n) is 6.07. The SMILES string of the molecule is CCCCN(C)S(=O)(=O)c1ccc(C(=O)N(Cc2ccccc2)c2nc3ccc(S(C)(=O)=O)cc3s2)cc1. The Kier molecular flexibility index (Phi) is 8.31. The van der Waals surface area contributed by atoms with Crippen molar-refractivity contribution in [2.45, 2.75) is 36.1 Å². The quantitative estimate of drug-likeness (QED) is 0.266. The lowest BCUT2D eigenvalue weighted by atomic mass is 10.1. The number of sulfone groups is 1. The summed E-state index contributed by atoms with van der Waals surface area (Å²) in [7, 11) is -5.50. The lowest BCUT2D eigenvalue weighted by Gasteiger charge is -2.21. The smallest absolute Gasteiger partial charge is 0.260 e. The third-order valence-corrected chi connectivity index (χ3v) is 10.1. The zero-order valence-electron chi connectivity index (χ0n) is 21.4. The van der Waals surface area contributed by atoms with Crippen LogP contribution in [0.4, 0.5) is 5.13 Å². The molecule has 200 valence electrons. The lowest BCUT2D eigenvalue weighted by Crippen LogP contribution is -2.30. The van der Waals surface area contributed by atoms with Crippen molar-refractivity contribution in [3.8, 4) is 0 Å². The van der Waals surface area contributed by atoms with Crippen molar-refractivity contribution in [3.63, 3.8) is 0 Å². The summed E-state index contributed by atoms with van der Waals surface area (Å²) in [5.41, 5.74) is 1.78. The first kappa shape index (κ1) is 27.9. The highest BCUT2D eigenvalue weighted by molar-refractivity contribution is 7.90. The Morgan fingerprint density at radius 3 is 2.21 bits per heavy atom. The molecular formula is C27H29N3O5S3. The predicted molar refractivity (Wildman–Crippen MR) is 151 cm³/mol. The maximum absolute atomic E-state index is 13.7. The minimum atomic E-state index is -3.66. The van der Waals surface area contributed by atoms with E-state index in [1.807, 2.05) is 37.3 Å². The predicted octanol–water partition coefficient (Wildman–Crippen LogP) is 4.97. The van der Waals surface area contributed by atoms with Gasteiger partial charge in [-0.25, -0.2) is 26.1 Å². The summed E-state index contributed by atoms with van der Waals surface area (Å²) < 4.78 is 51.8. The van der Waals surface area contributed by atoms with Gasteiger partial charge in [-0.2, -0.15) is 0 Å². The van der Waals surface area contributed by atoms with Crippen LogP contribution >= 0.6 is 11.3 Å². The van der Waals surface area contributed by atoms with Gasteiger partial charge in [-0.05, 0) is 54.4 Å². The molecule has 3 aromatic carbocycles. The van der Waals surface area contributed by atoms with Gasteiger partial charge in [0.05, 0.1) is 26.6 Å². The van der Waals surface area contributed by atoms with E-state index < -0.39 is 19.9 Å². The van der Waals surface area contributed by atoms with Crippen LogP contribution in [0.3, 0.4) is 0 Å². The summed E-state index contributed by atoms with van der Waals surface area (Å²) in [5, 5.41) is 0.413. The van der Waals surface area contributed by atoms with Crippen LogP contribution in [0, 0.1) is 0 Å². The zero-order chi connectivity index (χ0) is 27.5. The van der Waals surface area contributed by atoms with Crippen LogP contribution < -0.4 is 4.90 Å². The molecule has 0 aliphatic rings. The normalized spacial score (nSPS) is 12.2. The van der Waals surface area contributed by atoms with E-state index in [2.05, 4.69) is 4.98 Å². The van der Waals surface area contributed by atoms with E-state index in [9.17, 15) is 21.6 Å². The van der Waals surface area contributed by atoms with E-state index in [-0.39, 0.29) is 22.2 Å². The molecule has 0 aliphatic carbocycles. The summed E-state index contributed by atoms with van der Waals surface area (Å²) in [6.07, 6.45) is 2.78. The van der Waals surface area contributed by atoms with E-state index in [1.165, 1.54) is 50.9 Å². The van der Waals surface area contributed by atoms with Crippen molar-refractivity contribution in [1.29, 1.82) is 0 Å². The Labute approximate surface area is 227 Å². The van der Waals surface area contributed by atoms with Crippen LogP contribution in [0.1, 0.15) is 35.7 Å². The van der Waals surface area contributed by atoms with Gasteiger partial charge >= 0.3 is 0 Å². The summed E-state index contributed by atoms with van der Waals surface area (Å²) in [5.74, 6) is -0.348. The molecule has 1 amide bonds. The Morgan fingerprint density at radius 2 is 1.58 bits per heavy atom. The molecule has 38 heavy (non-hydrogen) atoms. The molecule has 4 aromatic rings. The molecule has 8 nitrogen and oxygen atoms in total. The number of thiazole rings is 1. The van der Waals surface area contributed by atoms with Crippen molar-refractivity contribution in [2.75, 3.05) is 24.7 Å². The third kappa shape index (κ3) is 6.12. The fourth-order valence-corrected chi connectivity index (χ4v) is 6.77. The number of amides is 1. The molecule has 11 heteroatoms. The van der Waals surface area contributed by atoms with Gasteiger partial charge in [-0.1, -0.05) is 55.0 Å². The Hall–Kier alpha value is -3.12. The highest BCUT2D eigenvalue weighted by Crippen LogP contribution is 2.32. The molecule has 0 atom stereocenters. The Balaban J connectivity index is 1.69. The molecular weight excluding hydrogens is 543 g/mol. The average molecular weight is 572 g/mol. The molecule has 0 radical (unpaired) electrons. The summed E-state index contributed by atoms with van der Waals surface area (Å²) in [6, 6.07) is 20.0.